The van der Waals surface area contributed by atoms with Crippen LogP contribution in [-0.4, -0.2) is 42.5 Å². The van der Waals surface area contributed by atoms with Crippen LogP contribution in [0, 0.1) is 0 Å². The predicted molar refractivity (Wildman–Crippen MR) is 104 cm³/mol. The lowest BCUT2D eigenvalue weighted by molar-refractivity contribution is 0.0761. The zero-order valence-corrected chi connectivity index (χ0v) is 15.4. The van der Waals surface area contributed by atoms with Gasteiger partial charge in [0.15, 0.2) is 0 Å². The summed E-state index contributed by atoms with van der Waals surface area (Å²) < 4.78 is 5.17. The van der Waals surface area contributed by atoms with Gasteiger partial charge in [0.2, 0.25) is 0 Å². The summed E-state index contributed by atoms with van der Waals surface area (Å²) in [5.74, 6) is 1.77. The Bertz CT molecular complexity index is 690. The Labute approximate surface area is 155 Å². The Morgan fingerprint density at radius 3 is 2.42 bits per heavy atom. The Morgan fingerprint density at radius 1 is 1.08 bits per heavy atom. The summed E-state index contributed by atoms with van der Waals surface area (Å²) >= 11 is 0. The highest BCUT2D eigenvalue weighted by Crippen LogP contribution is 2.15. The van der Waals surface area contributed by atoms with Crippen molar-refractivity contribution < 1.29 is 9.53 Å². The van der Waals surface area contributed by atoms with E-state index in [0.717, 1.165) is 50.5 Å². The van der Waals surface area contributed by atoms with Crippen LogP contribution in [0.1, 0.15) is 41.6 Å². The third-order valence-electron chi connectivity index (χ3n) is 4.78. The van der Waals surface area contributed by atoms with Crippen LogP contribution < -0.4 is 10.1 Å². The Hall–Kier alpha value is -2.56. The van der Waals surface area contributed by atoms with Crippen molar-refractivity contribution in [1.29, 1.82) is 0 Å². The van der Waals surface area contributed by atoms with Gasteiger partial charge in [-0.05, 0) is 49.1 Å². The molecule has 1 aliphatic heterocycles. The van der Waals surface area contributed by atoms with Gasteiger partial charge in [0.05, 0.1) is 12.7 Å². The molecule has 0 aliphatic carbocycles. The molecule has 0 atom stereocenters. The molecule has 1 aromatic carbocycles. The number of ether oxygens (including phenoxy) is 1. The Morgan fingerprint density at radius 2 is 1.81 bits per heavy atom. The van der Waals surface area contributed by atoms with Crippen LogP contribution in [0.15, 0.2) is 42.6 Å². The molecule has 1 aromatic heterocycles. The molecule has 1 aliphatic rings. The molecule has 3 rings (SSSR count). The molecular weight excluding hydrogens is 326 g/mol. The summed E-state index contributed by atoms with van der Waals surface area (Å²) in [6.07, 6.45) is 7.23. The molecular formula is C21H27N3O2. The van der Waals surface area contributed by atoms with E-state index in [1.54, 1.807) is 13.3 Å². The number of carbonyl (C=O) groups is 1. The second-order valence-electron chi connectivity index (χ2n) is 6.66. The third-order valence-corrected chi connectivity index (χ3v) is 4.78. The minimum Gasteiger partial charge on any atom is -0.497 e. The second kappa shape index (κ2) is 9.22. The smallest absolute Gasteiger partial charge is 0.255 e. The van der Waals surface area contributed by atoms with Gasteiger partial charge in [0, 0.05) is 25.8 Å². The largest absolute Gasteiger partial charge is 0.497 e. The van der Waals surface area contributed by atoms with Gasteiger partial charge in [-0.15, -0.1) is 0 Å². The third kappa shape index (κ3) is 4.97. The van der Waals surface area contributed by atoms with Crippen molar-refractivity contribution in [3.8, 4) is 5.75 Å². The zero-order valence-electron chi connectivity index (χ0n) is 15.4. The molecule has 0 saturated carbocycles. The predicted octanol–water partition coefficient (Wildman–Crippen LogP) is 3.76. The van der Waals surface area contributed by atoms with Crippen molar-refractivity contribution in [2.24, 2.45) is 0 Å². The highest BCUT2D eigenvalue weighted by atomic mass is 16.5. The van der Waals surface area contributed by atoms with Gasteiger partial charge < -0.3 is 15.0 Å². The van der Waals surface area contributed by atoms with Crippen LogP contribution in [0.25, 0.3) is 0 Å². The van der Waals surface area contributed by atoms with Crippen LogP contribution in [0.4, 0.5) is 5.82 Å². The molecule has 2 heterocycles. The van der Waals surface area contributed by atoms with Gasteiger partial charge in [0.25, 0.3) is 5.91 Å². The van der Waals surface area contributed by atoms with Gasteiger partial charge in [-0.3, -0.25) is 4.79 Å². The maximum absolute atomic E-state index is 12.6. The first-order valence-electron chi connectivity index (χ1n) is 9.38. The summed E-state index contributed by atoms with van der Waals surface area (Å²) in [5, 5.41) is 3.31. The van der Waals surface area contributed by atoms with Crippen LogP contribution in [-0.2, 0) is 6.42 Å². The number of nitrogens with one attached hydrogen (secondary N) is 1. The molecule has 1 amide bonds. The summed E-state index contributed by atoms with van der Waals surface area (Å²) in [5.41, 5.74) is 1.92. The minimum atomic E-state index is 0.101. The van der Waals surface area contributed by atoms with Crippen molar-refractivity contribution in [3.05, 3.63) is 53.7 Å². The number of pyridine rings is 1. The molecule has 0 radical (unpaired) electrons. The van der Waals surface area contributed by atoms with Crippen molar-refractivity contribution in [2.45, 2.75) is 32.1 Å². The molecule has 1 saturated heterocycles. The van der Waals surface area contributed by atoms with Gasteiger partial charge >= 0.3 is 0 Å². The standard InChI is InChI=1S/C21H27N3O2/c1-26-19-9-6-17(7-10-19)12-13-22-20-11-8-18(16-23-20)21(25)24-14-4-2-3-5-15-24/h6-11,16H,2-5,12-15H2,1H3,(H,22,23). The van der Waals surface area contributed by atoms with E-state index < -0.39 is 0 Å². The number of benzene rings is 1. The lowest BCUT2D eigenvalue weighted by Crippen LogP contribution is -2.31. The lowest BCUT2D eigenvalue weighted by Gasteiger charge is -2.20. The number of anilines is 1. The quantitative estimate of drug-likeness (QED) is 0.859. The van der Waals surface area contributed by atoms with E-state index >= 15 is 0 Å². The SMILES string of the molecule is COc1ccc(CCNc2ccc(C(=O)N3CCCCCC3)cn2)cc1. The van der Waals surface area contributed by atoms with Crippen molar-refractivity contribution >= 4 is 11.7 Å². The van der Waals surface area contributed by atoms with E-state index in [-0.39, 0.29) is 5.91 Å². The molecule has 0 bridgehead atoms. The maximum Gasteiger partial charge on any atom is 0.255 e. The average Bonchev–Trinajstić information content (AvgIpc) is 2.98. The van der Waals surface area contributed by atoms with E-state index in [9.17, 15) is 4.79 Å². The van der Waals surface area contributed by atoms with E-state index in [4.69, 9.17) is 4.74 Å². The van der Waals surface area contributed by atoms with Crippen LogP contribution in [0.5, 0.6) is 5.75 Å². The normalized spacial score (nSPS) is 14.6. The average molecular weight is 353 g/mol. The molecule has 0 spiro atoms. The van der Waals surface area contributed by atoms with E-state index in [0.29, 0.717) is 5.56 Å². The van der Waals surface area contributed by atoms with Crippen LogP contribution in [0.3, 0.4) is 0 Å². The van der Waals surface area contributed by atoms with E-state index in [1.165, 1.54) is 18.4 Å². The summed E-state index contributed by atoms with van der Waals surface area (Å²) in [6.45, 7) is 2.51. The molecule has 0 unspecified atom stereocenters. The van der Waals surface area contributed by atoms with Crippen molar-refractivity contribution in [1.82, 2.24) is 9.88 Å². The van der Waals surface area contributed by atoms with Gasteiger partial charge in [0.1, 0.15) is 11.6 Å². The molecule has 138 valence electrons. The molecule has 2 aromatic rings. The van der Waals surface area contributed by atoms with Gasteiger partial charge in [-0.25, -0.2) is 4.98 Å². The lowest BCUT2D eigenvalue weighted by atomic mass is 10.1. The molecule has 5 heteroatoms. The maximum atomic E-state index is 12.6. The van der Waals surface area contributed by atoms with Crippen LogP contribution >= 0.6 is 0 Å². The fraction of sp³-hybridized carbons (Fsp3) is 0.429. The number of hydrogen-bond acceptors (Lipinski definition) is 4. The summed E-state index contributed by atoms with van der Waals surface area (Å²) in [6, 6.07) is 11.8. The van der Waals surface area contributed by atoms with E-state index in [1.807, 2.05) is 29.2 Å². The first-order chi connectivity index (χ1) is 12.8. The molecule has 26 heavy (non-hydrogen) atoms. The van der Waals surface area contributed by atoms with Gasteiger partial charge in [-0.2, -0.15) is 0 Å². The van der Waals surface area contributed by atoms with Crippen LogP contribution in [0.2, 0.25) is 0 Å². The minimum absolute atomic E-state index is 0.101. The summed E-state index contributed by atoms with van der Waals surface area (Å²) in [4.78, 5) is 18.9. The Kier molecular flexibility index (Phi) is 6.47. The van der Waals surface area contributed by atoms with Crippen molar-refractivity contribution in [3.63, 3.8) is 0 Å². The number of likely N-dealkylation sites (tertiary alicyclic amines) is 1. The molecule has 5 nitrogen and oxygen atoms in total. The number of rotatable bonds is 6. The number of aromatic nitrogens is 1. The van der Waals surface area contributed by atoms with Gasteiger partial charge in [-0.1, -0.05) is 25.0 Å². The number of nitrogens with zero attached hydrogens (tertiary/aromatic N) is 2. The number of hydrogen-bond donors (Lipinski definition) is 1. The monoisotopic (exact) mass is 353 g/mol. The number of amides is 1. The number of carbonyl (C=O) groups excluding carboxylic acids is 1. The first kappa shape index (κ1) is 18.2. The summed E-state index contributed by atoms with van der Waals surface area (Å²) in [7, 11) is 1.67. The Balaban J connectivity index is 1.49. The number of methoxy groups -OCH3 is 1. The topological polar surface area (TPSA) is 54.5 Å². The molecule has 1 N–H and O–H groups in total. The fourth-order valence-corrected chi connectivity index (χ4v) is 3.21. The highest BCUT2D eigenvalue weighted by molar-refractivity contribution is 5.94. The second-order valence-corrected chi connectivity index (χ2v) is 6.66. The zero-order chi connectivity index (χ0) is 18.2. The highest BCUT2D eigenvalue weighted by Gasteiger charge is 2.17. The first-order valence-corrected chi connectivity index (χ1v) is 9.38. The molecule has 1 fully saturated rings. The van der Waals surface area contributed by atoms with Crippen molar-refractivity contribution in [2.75, 3.05) is 32.1 Å². The fourth-order valence-electron chi connectivity index (χ4n) is 3.21. The van der Waals surface area contributed by atoms with E-state index in [2.05, 4.69) is 22.4 Å².